The highest BCUT2D eigenvalue weighted by molar-refractivity contribution is 5.18. The molecule has 1 aromatic rings. The van der Waals surface area contributed by atoms with Crippen LogP contribution in [0.3, 0.4) is 0 Å². The van der Waals surface area contributed by atoms with Gasteiger partial charge in [-0.15, -0.1) is 0 Å². The maximum atomic E-state index is 4.41. The fourth-order valence-corrected chi connectivity index (χ4v) is 1.56. The number of hydrogen-bond donors (Lipinski definition) is 0. The molecule has 0 fully saturated rings. The Bertz CT molecular complexity index is 255. The molecular formula is C12H19N. The molecule has 0 amide bonds. The van der Waals surface area contributed by atoms with Gasteiger partial charge < -0.3 is 0 Å². The molecule has 1 rings (SSSR count). The smallest absolute Gasteiger partial charge is 0.0434 e. The average Bonchev–Trinajstić information content (AvgIpc) is 2.18. The molecular weight excluding hydrogens is 158 g/mol. The highest BCUT2D eigenvalue weighted by Crippen LogP contribution is 2.18. The molecule has 1 nitrogen and oxygen atoms in total. The zero-order valence-corrected chi connectivity index (χ0v) is 8.88. The van der Waals surface area contributed by atoms with E-state index in [1.54, 1.807) is 0 Å². The van der Waals surface area contributed by atoms with Crippen LogP contribution in [0, 0.1) is 0 Å². The van der Waals surface area contributed by atoms with Gasteiger partial charge in [-0.2, -0.15) is 0 Å². The van der Waals surface area contributed by atoms with E-state index in [9.17, 15) is 0 Å². The monoisotopic (exact) mass is 177 g/mol. The van der Waals surface area contributed by atoms with Crippen molar-refractivity contribution < 1.29 is 0 Å². The summed E-state index contributed by atoms with van der Waals surface area (Å²) < 4.78 is 0. The third-order valence-electron chi connectivity index (χ3n) is 2.48. The summed E-state index contributed by atoms with van der Waals surface area (Å²) in [6.07, 6.45) is 5.51. The van der Waals surface area contributed by atoms with E-state index in [1.807, 2.05) is 6.20 Å². The Morgan fingerprint density at radius 1 is 1.38 bits per heavy atom. The number of aromatic nitrogens is 1. The van der Waals surface area contributed by atoms with Crippen LogP contribution < -0.4 is 0 Å². The Morgan fingerprint density at radius 3 is 2.77 bits per heavy atom. The molecule has 72 valence electrons. The van der Waals surface area contributed by atoms with Crippen LogP contribution in [0.5, 0.6) is 0 Å². The van der Waals surface area contributed by atoms with Gasteiger partial charge in [0.05, 0.1) is 0 Å². The summed E-state index contributed by atoms with van der Waals surface area (Å²) in [5.74, 6) is 0.608. The van der Waals surface area contributed by atoms with Crippen LogP contribution in [0.25, 0.3) is 0 Å². The lowest BCUT2D eigenvalue weighted by molar-refractivity contribution is 0.646. The predicted octanol–water partition coefficient (Wildman–Crippen LogP) is 3.55. The molecule has 0 aromatic carbocycles. The van der Waals surface area contributed by atoms with Gasteiger partial charge in [0.15, 0.2) is 0 Å². The fourth-order valence-electron chi connectivity index (χ4n) is 1.56. The third kappa shape index (κ3) is 2.83. The van der Waals surface area contributed by atoms with Crippen molar-refractivity contribution in [3.05, 3.63) is 29.6 Å². The van der Waals surface area contributed by atoms with Crippen molar-refractivity contribution in [3.8, 4) is 0 Å². The predicted molar refractivity (Wildman–Crippen MR) is 56.9 cm³/mol. The van der Waals surface area contributed by atoms with Crippen LogP contribution in [0.15, 0.2) is 18.3 Å². The molecule has 0 aliphatic heterocycles. The molecule has 0 aliphatic rings. The topological polar surface area (TPSA) is 12.9 Å². The second kappa shape index (κ2) is 5.00. The van der Waals surface area contributed by atoms with Crippen LogP contribution in [-0.2, 0) is 6.42 Å². The Kier molecular flexibility index (Phi) is 3.94. The van der Waals surface area contributed by atoms with Crippen LogP contribution >= 0.6 is 0 Å². The first kappa shape index (κ1) is 10.2. The van der Waals surface area contributed by atoms with E-state index in [1.165, 1.54) is 24.1 Å². The zero-order chi connectivity index (χ0) is 9.68. The van der Waals surface area contributed by atoms with Crippen molar-refractivity contribution in [2.45, 2.75) is 46.0 Å². The summed E-state index contributed by atoms with van der Waals surface area (Å²) in [6, 6.07) is 4.34. The zero-order valence-electron chi connectivity index (χ0n) is 8.88. The summed E-state index contributed by atoms with van der Waals surface area (Å²) >= 11 is 0. The van der Waals surface area contributed by atoms with Crippen LogP contribution in [0.2, 0.25) is 0 Å². The van der Waals surface area contributed by atoms with E-state index in [0.717, 1.165) is 6.42 Å². The van der Waals surface area contributed by atoms with Crippen LogP contribution in [-0.4, -0.2) is 4.98 Å². The number of aryl methyl sites for hydroxylation is 1. The van der Waals surface area contributed by atoms with Gasteiger partial charge in [0.1, 0.15) is 0 Å². The van der Waals surface area contributed by atoms with Gasteiger partial charge in [-0.3, -0.25) is 4.98 Å². The lowest BCUT2D eigenvalue weighted by atomic mass is 10.00. The maximum Gasteiger partial charge on any atom is 0.0434 e. The van der Waals surface area contributed by atoms with Crippen molar-refractivity contribution in [1.82, 2.24) is 4.98 Å². The van der Waals surface area contributed by atoms with Crippen molar-refractivity contribution in [1.29, 1.82) is 0 Å². The molecule has 1 heteroatoms. The molecule has 0 radical (unpaired) electrons. The number of nitrogens with zero attached hydrogens (tertiary/aromatic N) is 1. The van der Waals surface area contributed by atoms with Gasteiger partial charge in [0.2, 0.25) is 0 Å². The van der Waals surface area contributed by atoms with Gasteiger partial charge >= 0.3 is 0 Å². The summed E-state index contributed by atoms with van der Waals surface area (Å²) in [7, 11) is 0. The first-order valence-corrected chi connectivity index (χ1v) is 5.22. The number of pyridine rings is 1. The molecule has 0 spiro atoms. The summed E-state index contributed by atoms with van der Waals surface area (Å²) in [6.45, 7) is 6.66. The van der Waals surface area contributed by atoms with E-state index in [0.29, 0.717) is 5.92 Å². The SMILES string of the molecule is CCCC(C)c1cc(CC)ccn1. The standard InChI is InChI=1S/C12H19N/c1-4-6-10(3)12-9-11(5-2)7-8-13-12/h7-10H,4-6H2,1-3H3. The minimum atomic E-state index is 0.608. The molecule has 0 bridgehead atoms. The highest BCUT2D eigenvalue weighted by Gasteiger charge is 2.05. The molecule has 0 saturated heterocycles. The minimum absolute atomic E-state index is 0.608. The summed E-state index contributed by atoms with van der Waals surface area (Å²) in [5.41, 5.74) is 2.65. The fraction of sp³-hybridized carbons (Fsp3) is 0.583. The molecule has 0 N–H and O–H groups in total. The maximum absolute atomic E-state index is 4.41. The van der Waals surface area contributed by atoms with E-state index in [4.69, 9.17) is 0 Å². The van der Waals surface area contributed by atoms with Crippen molar-refractivity contribution in [2.75, 3.05) is 0 Å². The molecule has 0 saturated carbocycles. The van der Waals surface area contributed by atoms with E-state index in [2.05, 4.69) is 37.9 Å². The average molecular weight is 177 g/mol. The van der Waals surface area contributed by atoms with Crippen molar-refractivity contribution >= 4 is 0 Å². The van der Waals surface area contributed by atoms with Gasteiger partial charge in [-0.25, -0.2) is 0 Å². The molecule has 1 heterocycles. The second-order valence-corrected chi connectivity index (χ2v) is 3.63. The third-order valence-corrected chi connectivity index (χ3v) is 2.48. The van der Waals surface area contributed by atoms with E-state index in [-0.39, 0.29) is 0 Å². The normalized spacial score (nSPS) is 12.8. The molecule has 13 heavy (non-hydrogen) atoms. The Hall–Kier alpha value is -0.850. The second-order valence-electron chi connectivity index (χ2n) is 3.63. The van der Waals surface area contributed by atoms with Gasteiger partial charge in [0.25, 0.3) is 0 Å². The molecule has 1 atom stereocenters. The Labute approximate surface area is 81.2 Å². The highest BCUT2D eigenvalue weighted by atomic mass is 14.7. The van der Waals surface area contributed by atoms with Gasteiger partial charge in [-0.05, 0) is 36.5 Å². The van der Waals surface area contributed by atoms with E-state index < -0.39 is 0 Å². The largest absolute Gasteiger partial charge is 0.261 e. The van der Waals surface area contributed by atoms with Crippen LogP contribution in [0.1, 0.15) is 50.8 Å². The van der Waals surface area contributed by atoms with Crippen LogP contribution in [0.4, 0.5) is 0 Å². The minimum Gasteiger partial charge on any atom is -0.261 e. The first-order chi connectivity index (χ1) is 6.27. The van der Waals surface area contributed by atoms with Gasteiger partial charge in [0, 0.05) is 11.9 Å². The summed E-state index contributed by atoms with van der Waals surface area (Å²) in [5, 5.41) is 0. The number of rotatable bonds is 4. The first-order valence-electron chi connectivity index (χ1n) is 5.22. The van der Waals surface area contributed by atoms with Crippen molar-refractivity contribution in [2.24, 2.45) is 0 Å². The van der Waals surface area contributed by atoms with E-state index >= 15 is 0 Å². The van der Waals surface area contributed by atoms with Gasteiger partial charge in [-0.1, -0.05) is 27.2 Å². The summed E-state index contributed by atoms with van der Waals surface area (Å²) in [4.78, 5) is 4.41. The Morgan fingerprint density at radius 2 is 2.15 bits per heavy atom. The van der Waals surface area contributed by atoms with Crippen molar-refractivity contribution in [3.63, 3.8) is 0 Å². The lowest BCUT2D eigenvalue weighted by Gasteiger charge is -2.09. The molecule has 1 unspecified atom stereocenters. The Balaban J connectivity index is 2.75. The molecule has 0 aliphatic carbocycles. The lowest BCUT2D eigenvalue weighted by Crippen LogP contribution is -1.97. The quantitative estimate of drug-likeness (QED) is 0.685. The molecule has 1 aromatic heterocycles. The number of hydrogen-bond acceptors (Lipinski definition) is 1.